The number of aryl methyl sites for hydroxylation is 1. The van der Waals surface area contributed by atoms with Crippen molar-refractivity contribution in [1.29, 1.82) is 0 Å². The van der Waals surface area contributed by atoms with Crippen molar-refractivity contribution in [3.8, 4) is 0 Å². The van der Waals surface area contributed by atoms with Crippen LogP contribution in [0, 0.1) is 12.8 Å². The van der Waals surface area contributed by atoms with Crippen LogP contribution in [0.15, 0.2) is 47.6 Å². The number of nitrogens with zero attached hydrogens (tertiary/aromatic N) is 1. The summed E-state index contributed by atoms with van der Waals surface area (Å²) in [5, 5.41) is 3.58. The van der Waals surface area contributed by atoms with E-state index in [0.29, 0.717) is 11.6 Å². The van der Waals surface area contributed by atoms with Crippen molar-refractivity contribution in [3.63, 3.8) is 0 Å². The van der Waals surface area contributed by atoms with Gasteiger partial charge in [0.1, 0.15) is 17.2 Å². The summed E-state index contributed by atoms with van der Waals surface area (Å²) < 4.78 is 86.4. The third-order valence-electron chi connectivity index (χ3n) is 4.90. The van der Waals surface area contributed by atoms with Crippen molar-refractivity contribution < 1.29 is 40.7 Å². The van der Waals surface area contributed by atoms with Crippen molar-refractivity contribution in [2.75, 3.05) is 0 Å². The van der Waals surface area contributed by atoms with Crippen LogP contribution in [0.3, 0.4) is 0 Å². The van der Waals surface area contributed by atoms with Crippen molar-refractivity contribution in [2.45, 2.75) is 51.8 Å². The van der Waals surface area contributed by atoms with Gasteiger partial charge in [-0.3, -0.25) is 0 Å². The van der Waals surface area contributed by atoms with Gasteiger partial charge in [-0.1, -0.05) is 23.4 Å². The van der Waals surface area contributed by atoms with Crippen LogP contribution >= 0.6 is 0 Å². The minimum atomic E-state index is -4.86. The molecule has 0 spiro atoms. The molecule has 0 N–H and O–H groups in total. The van der Waals surface area contributed by atoms with E-state index in [9.17, 15) is 31.1 Å². The van der Waals surface area contributed by atoms with E-state index in [4.69, 9.17) is 9.57 Å². The molecule has 10 heteroatoms. The fourth-order valence-electron chi connectivity index (χ4n) is 3.46. The Kier molecular flexibility index (Phi) is 6.25. The highest BCUT2D eigenvalue weighted by Gasteiger charge is 2.54. The molecule has 1 aliphatic heterocycles. The highest BCUT2D eigenvalue weighted by Crippen LogP contribution is 2.45. The van der Waals surface area contributed by atoms with Crippen LogP contribution in [0.5, 0.6) is 0 Å². The van der Waals surface area contributed by atoms with Crippen LogP contribution in [0.2, 0.25) is 0 Å². The Morgan fingerprint density at radius 3 is 2.21 bits per heavy atom. The lowest BCUT2D eigenvalue weighted by Gasteiger charge is -2.23. The Hall–Kier alpha value is -3.04. The highest BCUT2D eigenvalue weighted by molar-refractivity contribution is 6.04. The maximum Gasteiger partial charge on any atom is 0.416 e. The molecule has 33 heavy (non-hydrogen) atoms. The van der Waals surface area contributed by atoms with Gasteiger partial charge < -0.3 is 9.57 Å². The van der Waals surface area contributed by atoms with Crippen LogP contribution in [-0.2, 0) is 15.8 Å². The molecular formula is C23H21F6NO3. The van der Waals surface area contributed by atoms with Gasteiger partial charge in [0, 0.05) is 5.56 Å². The van der Waals surface area contributed by atoms with Crippen LogP contribution in [-0.4, -0.2) is 23.5 Å². The molecular weight excluding hydrogens is 452 g/mol. The number of oxime groups is 1. The van der Waals surface area contributed by atoms with Crippen LogP contribution in [0.4, 0.5) is 26.3 Å². The van der Waals surface area contributed by atoms with E-state index in [0.717, 1.165) is 18.2 Å². The molecule has 4 nitrogen and oxygen atoms in total. The highest BCUT2D eigenvalue weighted by atomic mass is 19.4. The first-order chi connectivity index (χ1) is 15.1. The fraction of sp³-hybridized carbons (Fsp3) is 0.391. The SMILES string of the molecule is Cc1cc(C2=NOC(c3cccc(C(F)(F)F)c3)C2C(F)(F)F)ccc1C(=O)OC(C)(C)C. The number of alkyl halides is 6. The standard InChI is InChI=1S/C23H21F6NO3/c1-12-10-13(8-9-16(12)20(31)32-21(2,3)4)18-17(23(27,28)29)19(33-30-18)14-6-5-7-15(11-14)22(24,25)26/h5-11,17,19H,1-4H3. The quantitative estimate of drug-likeness (QED) is 0.372. The van der Waals surface area contributed by atoms with E-state index in [1.807, 2.05) is 0 Å². The predicted octanol–water partition coefficient (Wildman–Crippen LogP) is 6.62. The summed E-state index contributed by atoms with van der Waals surface area (Å²) in [4.78, 5) is 17.3. The smallest absolute Gasteiger partial charge is 0.416 e. The summed E-state index contributed by atoms with van der Waals surface area (Å²) in [5.74, 6) is -2.93. The molecule has 2 unspecified atom stereocenters. The normalized spacial score (nSPS) is 19.2. The van der Waals surface area contributed by atoms with Gasteiger partial charge in [0.25, 0.3) is 0 Å². The van der Waals surface area contributed by atoms with Gasteiger partial charge in [-0.2, -0.15) is 26.3 Å². The van der Waals surface area contributed by atoms with Gasteiger partial charge in [-0.05, 0) is 63.1 Å². The molecule has 0 fully saturated rings. The van der Waals surface area contributed by atoms with Gasteiger partial charge in [0.2, 0.25) is 0 Å². The Morgan fingerprint density at radius 2 is 1.67 bits per heavy atom. The van der Waals surface area contributed by atoms with Gasteiger partial charge in [-0.15, -0.1) is 0 Å². The molecule has 178 valence electrons. The number of benzene rings is 2. The third-order valence-corrected chi connectivity index (χ3v) is 4.90. The summed E-state index contributed by atoms with van der Waals surface area (Å²) in [6.07, 6.45) is -11.4. The van der Waals surface area contributed by atoms with Crippen molar-refractivity contribution in [3.05, 3.63) is 70.3 Å². The number of hydrogen-bond acceptors (Lipinski definition) is 4. The molecule has 0 amide bonds. The zero-order chi connectivity index (χ0) is 24.8. The molecule has 2 aromatic carbocycles. The molecule has 2 aromatic rings. The molecule has 1 aliphatic rings. The Bertz CT molecular complexity index is 1080. The molecule has 0 bridgehead atoms. The van der Waals surface area contributed by atoms with Gasteiger partial charge in [0.05, 0.1) is 11.1 Å². The Balaban J connectivity index is 1.96. The van der Waals surface area contributed by atoms with E-state index >= 15 is 0 Å². The maximum atomic E-state index is 14.0. The number of carbonyl (C=O) groups is 1. The minimum Gasteiger partial charge on any atom is -0.456 e. The first kappa shape index (κ1) is 24.6. The van der Waals surface area contributed by atoms with E-state index in [2.05, 4.69) is 5.16 Å². The van der Waals surface area contributed by atoms with Gasteiger partial charge in [0.15, 0.2) is 6.10 Å². The van der Waals surface area contributed by atoms with Crippen molar-refractivity contribution >= 4 is 11.7 Å². The lowest BCUT2D eigenvalue weighted by molar-refractivity contribution is -0.177. The number of esters is 1. The second-order valence-electron chi connectivity index (χ2n) is 8.68. The third kappa shape index (κ3) is 5.48. The van der Waals surface area contributed by atoms with E-state index in [1.165, 1.54) is 25.1 Å². The second-order valence-corrected chi connectivity index (χ2v) is 8.68. The van der Waals surface area contributed by atoms with Crippen molar-refractivity contribution in [2.24, 2.45) is 11.1 Å². The zero-order valence-corrected chi connectivity index (χ0v) is 18.1. The zero-order valence-electron chi connectivity index (χ0n) is 18.1. The Morgan fingerprint density at radius 1 is 1.00 bits per heavy atom. The number of carbonyl (C=O) groups excluding carboxylic acids is 1. The van der Waals surface area contributed by atoms with Gasteiger partial charge in [-0.25, -0.2) is 4.79 Å². The minimum absolute atomic E-state index is 0.0385. The Labute approximate surface area is 186 Å². The average molecular weight is 473 g/mol. The van der Waals surface area contributed by atoms with Crippen molar-refractivity contribution in [1.82, 2.24) is 0 Å². The maximum absolute atomic E-state index is 14.0. The first-order valence-electron chi connectivity index (χ1n) is 9.90. The molecule has 0 aromatic heterocycles. The van der Waals surface area contributed by atoms with Crippen LogP contribution < -0.4 is 0 Å². The summed E-state index contributed by atoms with van der Waals surface area (Å²) >= 11 is 0. The molecule has 0 radical (unpaired) electrons. The topological polar surface area (TPSA) is 47.9 Å². The lowest BCUT2D eigenvalue weighted by atomic mass is 9.87. The molecule has 0 saturated heterocycles. The van der Waals surface area contributed by atoms with Gasteiger partial charge >= 0.3 is 18.3 Å². The predicted molar refractivity (Wildman–Crippen MR) is 108 cm³/mol. The largest absolute Gasteiger partial charge is 0.456 e. The second kappa shape index (κ2) is 8.39. The average Bonchev–Trinajstić information content (AvgIpc) is 3.11. The number of rotatable bonds is 3. The van der Waals surface area contributed by atoms with Crippen LogP contribution in [0.1, 0.15) is 59.5 Å². The molecule has 2 atom stereocenters. The van der Waals surface area contributed by atoms with E-state index < -0.39 is 47.2 Å². The van der Waals surface area contributed by atoms with E-state index in [-0.39, 0.29) is 16.7 Å². The first-order valence-corrected chi connectivity index (χ1v) is 9.90. The monoisotopic (exact) mass is 473 g/mol. The van der Waals surface area contributed by atoms with E-state index in [1.54, 1.807) is 20.8 Å². The van der Waals surface area contributed by atoms with Crippen LogP contribution in [0.25, 0.3) is 0 Å². The lowest BCUT2D eigenvalue weighted by Crippen LogP contribution is -2.33. The fourth-order valence-corrected chi connectivity index (χ4v) is 3.46. The molecule has 1 heterocycles. The molecule has 3 rings (SSSR count). The molecule has 0 aliphatic carbocycles. The summed E-state index contributed by atoms with van der Waals surface area (Å²) in [7, 11) is 0. The summed E-state index contributed by atoms with van der Waals surface area (Å²) in [5.41, 5.74) is -2.06. The number of hydrogen-bond donors (Lipinski definition) is 0. The number of halogens is 6. The number of ether oxygens (including phenoxy) is 1. The summed E-state index contributed by atoms with van der Waals surface area (Å²) in [6, 6.07) is 7.49. The molecule has 0 saturated carbocycles. The summed E-state index contributed by atoms with van der Waals surface area (Å²) in [6.45, 7) is 6.58.